The van der Waals surface area contributed by atoms with Crippen molar-refractivity contribution in [3.63, 3.8) is 0 Å². The van der Waals surface area contributed by atoms with Gasteiger partial charge in [0.25, 0.3) is 0 Å². The van der Waals surface area contributed by atoms with Crippen LogP contribution in [0.4, 0.5) is 4.79 Å². The zero-order chi connectivity index (χ0) is 22.1. The van der Waals surface area contributed by atoms with Crippen LogP contribution >= 0.6 is 0 Å². The predicted octanol–water partition coefficient (Wildman–Crippen LogP) is 6.41. The quantitative estimate of drug-likeness (QED) is 0.312. The molecule has 3 rings (SSSR count). The molecule has 0 aliphatic heterocycles. The van der Waals surface area contributed by atoms with Gasteiger partial charge in [0.15, 0.2) is 0 Å². The molecule has 0 saturated carbocycles. The van der Waals surface area contributed by atoms with Gasteiger partial charge in [-0.15, -0.1) is 0 Å². The highest BCUT2D eigenvalue weighted by molar-refractivity contribution is 5.90. The molecule has 1 unspecified atom stereocenters. The van der Waals surface area contributed by atoms with Gasteiger partial charge in [-0.05, 0) is 54.3 Å². The summed E-state index contributed by atoms with van der Waals surface area (Å²) < 4.78 is 15.8. The summed E-state index contributed by atoms with van der Waals surface area (Å²) in [5.41, 5.74) is 3.29. The summed E-state index contributed by atoms with van der Waals surface area (Å²) in [5, 5.41) is 0. The van der Waals surface area contributed by atoms with Crippen molar-refractivity contribution in [2.75, 3.05) is 0 Å². The van der Waals surface area contributed by atoms with E-state index in [0.717, 1.165) is 29.5 Å². The summed E-state index contributed by atoms with van der Waals surface area (Å²) in [4.78, 5) is 24.1. The van der Waals surface area contributed by atoms with Crippen LogP contribution in [0, 0.1) is 0 Å². The van der Waals surface area contributed by atoms with Gasteiger partial charge in [-0.1, -0.05) is 67.9 Å². The van der Waals surface area contributed by atoms with Gasteiger partial charge in [0, 0.05) is 0 Å². The Morgan fingerprint density at radius 1 is 0.839 bits per heavy atom. The fraction of sp³-hybridized carbons (Fsp3) is 0.231. The van der Waals surface area contributed by atoms with E-state index in [0.29, 0.717) is 11.3 Å². The van der Waals surface area contributed by atoms with E-state index in [1.807, 2.05) is 61.5 Å². The Bertz CT molecular complexity index is 979. The van der Waals surface area contributed by atoms with Crippen LogP contribution in [0.15, 0.2) is 78.9 Å². The monoisotopic (exact) mass is 418 g/mol. The summed E-state index contributed by atoms with van der Waals surface area (Å²) in [6.07, 6.45) is 0.969. The van der Waals surface area contributed by atoms with Gasteiger partial charge in [-0.3, -0.25) is 0 Å². The largest absolute Gasteiger partial charge is 0.514 e. The maximum absolute atomic E-state index is 12.2. The van der Waals surface area contributed by atoms with Crippen LogP contribution in [-0.2, 0) is 16.1 Å². The number of carbonyl (C=O) groups is 2. The lowest BCUT2D eigenvalue weighted by Gasteiger charge is -2.12. The molecule has 0 heterocycles. The average molecular weight is 418 g/mol. The molecule has 3 aromatic carbocycles. The molecule has 5 nitrogen and oxygen atoms in total. The Morgan fingerprint density at radius 2 is 1.45 bits per heavy atom. The highest BCUT2D eigenvalue weighted by Gasteiger charge is 2.12. The molecule has 160 valence electrons. The van der Waals surface area contributed by atoms with Crippen LogP contribution in [0.5, 0.6) is 5.75 Å². The predicted molar refractivity (Wildman–Crippen MR) is 119 cm³/mol. The van der Waals surface area contributed by atoms with Crippen molar-refractivity contribution in [3.8, 4) is 16.9 Å². The second-order valence-corrected chi connectivity index (χ2v) is 7.23. The molecular weight excluding hydrogens is 392 g/mol. The number of esters is 1. The smallest absolute Gasteiger partial charge is 0.459 e. The lowest BCUT2D eigenvalue weighted by atomic mass is 10.0. The first kappa shape index (κ1) is 22.1. The van der Waals surface area contributed by atoms with Crippen molar-refractivity contribution in [1.29, 1.82) is 0 Å². The molecule has 0 radical (unpaired) electrons. The third kappa shape index (κ3) is 6.71. The van der Waals surface area contributed by atoms with E-state index in [1.54, 1.807) is 24.3 Å². The van der Waals surface area contributed by atoms with Gasteiger partial charge < -0.3 is 14.2 Å². The van der Waals surface area contributed by atoms with E-state index in [4.69, 9.17) is 14.2 Å². The number of hydrogen-bond acceptors (Lipinski definition) is 5. The first-order chi connectivity index (χ1) is 15.0. The summed E-state index contributed by atoms with van der Waals surface area (Å²) in [6, 6.07) is 23.7. The van der Waals surface area contributed by atoms with E-state index in [9.17, 15) is 9.59 Å². The average Bonchev–Trinajstić information content (AvgIpc) is 2.79. The first-order valence-corrected chi connectivity index (χ1v) is 10.3. The molecule has 0 amide bonds. The zero-order valence-electron chi connectivity index (χ0n) is 17.7. The fourth-order valence-corrected chi connectivity index (χ4v) is 3.07. The van der Waals surface area contributed by atoms with Gasteiger partial charge >= 0.3 is 12.1 Å². The van der Waals surface area contributed by atoms with Crippen LogP contribution in [0.25, 0.3) is 11.1 Å². The maximum Gasteiger partial charge on any atom is 0.514 e. The van der Waals surface area contributed by atoms with Crippen molar-refractivity contribution in [3.05, 3.63) is 90.0 Å². The van der Waals surface area contributed by atoms with Gasteiger partial charge in [0.2, 0.25) is 0 Å². The SMILES string of the molecule is CCCC(C)OC(=O)c1ccc(-c2ccc(OC(=O)OCc3ccccc3)cc2)cc1. The third-order valence-electron chi connectivity index (χ3n) is 4.71. The van der Waals surface area contributed by atoms with Crippen molar-refractivity contribution in [2.24, 2.45) is 0 Å². The Balaban J connectivity index is 1.54. The summed E-state index contributed by atoms with van der Waals surface area (Å²) >= 11 is 0. The van der Waals surface area contributed by atoms with Gasteiger partial charge in [0.05, 0.1) is 11.7 Å². The second-order valence-electron chi connectivity index (χ2n) is 7.23. The molecule has 0 bridgehead atoms. The van der Waals surface area contributed by atoms with E-state index in [2.05, 4.69) is 6.92 Å². The number of carbonyl (C=O) groups excluding carboxylic acids is 2. The van der Waals surface area contributed by atoms with Crippen molar-refractivity contribution in [2.45, 2.75) is 39.4 Å². The van der Waals surface area contributed by atoms with E-state index < -0.39 is 6.16 Å². The van der Waals surface area contributed by atoms with Gasteiger partial charge in [-0.2, -0.15) is 0 Å². The molecule has 31 heavy (non-hydrogen) atoms. The minimum atomic E-state index is -0.753. The van der Waals surface area contributed by atoms with Crippen molar-refractivity contribution in [1.82, 2.24) is 0 Å². The zero-order valence-corrected chi connectivity index (χ0v) is 17.7. The van der Waals surface area contributed by atoms with Crippen molar-refractivity contribution < 1.29 is 23.8 Å². The molecule has 0 aromatic heterocycles. The molecule has 0 saturated heterocycles. The molecule has 1 atom stereocenters. The molecular formula is C26H26O5. The molecule has 0 spiro atoms. The number of rotatable bonds is 8. The third-order valence-corrected chi connectivity index (χ3v) is 4.71. The molecule has 5 heteroatoms. The molecule has 0 N–H and O–H groups in total. The molecule has 0 aliphatic rings. The molecule has 0 aliphatic carbocycles. The van der Waals surface area contributed by atoms with Crippen LogP contribution in [-0.4, -0.2) is 18.2 Å². The fourth-order valence-electron chi connectivity index (χ4n) is 3.07. The Kier molecular flexibility index (Phi) is 7.82. The van der Waals surface area contributed by atoms with Crippen LogP contribution in [0.3, 0.4) is 0 Å². The summed E-state index contributed by atoms with van der Waals surface area (Å²) in [7, 11) is 0. The second kappa shape index (κ2) is 11.0. The topological polar surface area (TPSA) is 61.8 Å². The van der Waals surface area contributed by atoms with Crippen LogP contribution < -0.4 is 4.74 Å². The Labute approximate surface area is 182 Å². The highest BCUT2D eigenvalue weighted by atomic mass is 16.7. The minimum absolute atomic E-state index is 0.0934. The summed E-state index contributed by atoms with van der Waals surface area (Å²) in [5.74, 6) is 0.0807. The Morgan fingerprint density at radius 3 is 2.06 bits per heavy atom. The number of hydrogen-bond donors (Lipinski definition) is 0. The van der Waals surface area contributed by atoms with E-state index in [-0.39, 0.29) is 18.7 Å². The van der Waals surface area contributed by atoms with Crippen LogP contribution in [0.1, 0.15) is 42.6 Å². The number of benzene rings is 3. The first-order valence-electron chi connectivity index (χ1n) is 10.3. The highest BCUT2D eigenvalue weighted by Crippen LogP contribution is 2.23. The summed E-state index contributed by atoms with van der Waals surface area (Å²) in [6.45, 7) is 4.11. The van der Waals surface area contributed by atoms with Gasteiger partial charge in [0.1, 0.15) is 12.4 Å². The minimum Gasteiger partial charge on any atom is -0.459 e. The maximum atomic E-state index is 12.2. The lowest BCUT2D eigenvalue weighted by Crippen LogP contribution is -2.14. The van der Waals surface area contributed by atoms with E-state index in [1.165, 1.54) is 0 Å². The van der Waals surface area contributed by atoms with Gasteiger partial charge in [-0.25, -0.2) is 9.59 Å². The number of ether oxygens (including phenoxy) is 3. The Hall–Kier alpha value is -3.60. The van der Waals surface area contributed by atoms with E-state index >= 15 is 0 Å². The van der Waals surface area contributed by atoms with Crippen molar-refractivity contribution >= 4 is 12.1 Å². The molecule has 0 fully saturated rings. The normalized spacial score (nSPS) is 11.4. The van der Waals surface area contributed by atoms with Crippen LogP contribution in [0.2, 0.25) is 0 Å². The standard InChI is InChI=1S/C26H26O5/c1-3-7-19(2)30-25(27)23-12-10-21(11-13-23)22-14-16-24(17-15-22)31-26(28)29-18-20-8-5-4-6-9-20/h4-6,8-17,19H,3,7,18H2,1-2H3. The molecule has 3 aromatic rings. The lowest BCUT2D eigenvalue weighted by molar-refractivity contribution is 0.0323.